The molecule has 0 bridgehead atoms. The summed E-state index contributed by atoms with van der Waals surface area (Å²) in [6.07, 6.45) is -1.40. The Morgan fingerprint density at radius 1 is 0.966 bits per heavy atom. The van der Waals surface area contributed by atoms with Crippen molar-refractivity contribution in [1.82, 2.24) is 0 Å². The van der Waals surface area contributed by atoms with Crippen molar-refractivity contribution in [1.29, 1.82) is 0 Å². The lowest BCUT2D eigenvalue weighted by Gasteiger charge is -2.06. The van der Waals surface area contributed by atoms with E-state index in [9.17, 15) is 35.1 Å². The molecule has 0 heterocycles. The van der Waals surface area contributed by atoms with Crippen LogP contribution in [-0.2, 0) is 9.63 Å². The van der Waals surface area contributed by atoms with Gasteiger partial charge < -0.3 is 9.94 Å². The van der Waals surface area contributed by atoms with Crippen LogP contribution >= 0.6 is 0 Å². The van der Waals surface area contributed by atoms with Crippen molar-refractivity contribution in [3.8, 4) is 11.1 Å². The molecule has 0 saturated heterocycles. The van der Waals surface area contributed by atoms with Gasteiger partial charge in [0.05, 0.1) is 26.4 Å². The molecule has 13 heteroatoms. The van der Waals surface area contributed by atoms with Gasteiger partial charge in [0.25, 0.3) is 17.1 Å². The van der Waals surface area contributed by atoms with Gasteiger partial charge in [-0.2, -0.15) is 0 Å². The summed E-state index contributed by atoms with van der Waals surface area (Å²) in [4.78, 5) is 47.3. The molecule has 0 aliphatic heterocycles. The normalized spacial score (nSPS) is 14.0. The zero-order valence-corrected chi connectivity index (χ0v) is 14.5. The average molecular weight is 402 g/mol. The highest BCUT2D eigenvalue weighted by atomic mass is 16.7. The van der Waals surface area contributed by atoms with Crippen molar-refractivity contribution in [2.24, 2.45) is 5.16 Å². The Bertz CT molecular complexity index is 1130. The highest BCUT2D eigenvalue weighted by molar-refractivity contribution is 6.26. The zero-order valence-electron chi connectivity index (χ0n) is 14.5. The number of nitro benzene ring substituents is 3. The predicted molar refractivity (Wildman–Crippen MR) is 95.7 cm³/mol. The van der Waals surface area contributed by atoms with Gasteiger partial charge in [-0.05, 0) is 18.6 Å². The van der Waals surface area contributed by atoms with Gasteiger partial charge >= 0.3 is 5.97 Å². The number of aliphatic carboxylic acids is 1. The molecule has 29 heavy (non-hydrogen) atoms. The van der Waals surface area contributed by atoms with E-state index in [1.807, 2.05) is 0 Å². The van der Waals surface area contributed by atoms with Crippen LogP contribution in [0.15, 0.2) is 35.5 Å². The van der Waals surface area contributed by atoms with Crippen LogP contribution in [0.5, 0.6) is 0 Å². The highest BCUT2D eigenvalue weighted by Crippen LogP contribution is 2.45. The summed E-state index contributed by atoms with van der Waals surface area (Å²) in [5.74, 6) is -1.35. The standard InChI is InChI=1S/C16H10N4O9/c1-7(16(21)22)29-17-15-11-4-8(18(23)24)2-3-10(11)14-12(15)5-9(19(25)26)6-13(14)20(27)28/h2-7H,1H3,(H,21,22)/b17-15+/t7-/m1/s1. The number of carboxylic acid groups (broad SMARTS) is 1. The summed E-state index contributed by atoms with van der Waals surface area (Å²) < 4.78 is 0. The first kappa shape index (κ1) is 19.3. The van der Waals surface area contributed by atoms with E-state index in [1.54, 1.807) is 0 Å². The number of oxime groups is 1. The van der Waals surface area contributed by atoms with Gasteiger partial charge in [-0.1, -0.05) is 5.16 Å². The maximum atomic E-state index is 11.5. The maximum Gasteiger partial charge on any atom is 0.347 e. The van der Waals surface area contributed by atoms with Gasteiger partial charge in [0, 0.05) is 29.3 Å². The number of benzene rings is 2. The third kappa shape index (κ3) is 3.31. The topological polar surface area (TPSA) is 188 Å². The Morgan fingerprint density at radius 2 is 1.59 bits per heavy atom. The fourth-order valence-electron chi connectivity index (χ4n) is 2.81. The van der Waals surface area contributed by atoms with Gasteiger partial charge in [0.15, 0.2) is 0 Å². The zero-order chi connectivity index (χ0) is 21.5. The molecule has 0 amide bonds. The Morgan fingerprint density at radius 3 is 2.14 bits per heavy atom. The average Bonchev–Trinajstić information content (AvgIpc) is 2.97. The highest BCUT2D eigenvalue weighted by Gasteiger charge is 2.36. The van der Waals surface area contributed by atoms with Crippen LogP contribution in [0.4, 0.5) is 17.1 Å². The number of hydrogen-bond donors (Lipinski definition) is 1. The molecule has 1 atom stereocenters. The molecular weight excluding hydrogens is 392 g/mol. The molecule has 2 aromatic carbocycles. The third-order valence-corrected chi connectivity index (χ3v) is 4.15. The van der Waals surface area contributed by atoms with E-state index in [0.29, 0.717) is 0 Å². The van der Waals surface area contributed by atoms with E-state index in [-0.39, 0.29) is 33.7 Å². The molecule has 13 nitrogen and oxygen atoms in total. The summed E-state index contributed by atoms with van der Waals surface area (Å²) in [6, 6.07) is 5.25. The van der Waals surface area contributed by atoms with Gasteiger partial charge in [0.1, 0.15) is 5.71 Å². The van der Waals surface area contributed by atoms with Crippen LogP contribution in [0, 0.1) is 30.3 Å². The minimum atomic E-state index is -1.40. The Labute approximate surface area is 160 Å². The van der Waals surface area contributed by atoms with E-state index in [1.165, 1.54) is 13.0 Å². The number of nitro groups is 3. The van der Waals surface area contributed by atoms with Gasteiger partial charge in [-0.3, -0.25) is 30.3 Å². The molecule has 0 aromatic heterocycles. The van der Waals surface area contributed by atoms with Crippen molar-refractivity contribution >= 4 is 28.7 Å². The fraction of sp³-hybridized carbons (Fsp3) is 0.125. The second-order valence-corrected chi connectivity index (χ2v) is 5.91. The van der Waals surface area contributed by atoms with E-state index in [4.69, 9.17) is 9.94 Å². The second-order valence-electron chi connectivity index (χ2n) is 5.91. The molecule has 0 radical (unpaired) electrons. The first-order valence-electron chi connectivity index (χ1n) is 7.84. The minimum Gasteiger partial charge on any atom is -0.478 e. The molecule has 0 saturated carbocycles. The smallest absolute Gasteiger partial charge is 0.347 e. The summed E-state index contributed by atoms with van der Waals surface area (Å²) in [6.45, 7) is 1.17. The minimum absolute atomic E-state index is 0.0316. The SMILES string of the molecule is C[C@@H](O/N=C1\c2cc([N+](=O)[O-])ccc2-c2c1cc([N+](=O)[O-])cc2[N+](=O)[O-])C(=O)O. The van der Waals surface area contributed by atoms with Crippen LogP contribution in [0.25, 0.3) is 11.1 Å². The molecular formula is C16H10N4O9. The summed E-state index contributed by atoms with van der Waals surface area (Å²) in [5.41, 5.74) is -1.61. The van der Waals surface area contributed by atoms with Gasteiger partial charge in [-0.25, -0.2) is 4.79 Å². The van der Waals surface area contributed by atoms with E-state index in [0.717, 1.165) is 24.3 Å². The molecule has 148 valence electrons. The Balaban J connectivity index is 2.33. The Kier molecular flexibility index (Phi) is 4.64. The van der Waals surface area contributed by atoms with Crippen molar-refractivity contribution in [3.05, 3.63) is 71.8 Å². The summed E-state index contributed by atoms with van der Waals surface area (Å²) in [5, 5.41) is 46.5. The summed E-state index contributed by atoms with van der Waals surface area (Å²) in [7, 11) is 0. The molecule has 1 N–H and O–H groups in total. The lowest BCUT2D eigenvalue weighted by atomic mass is 10.0. The molecule has 1 aliphatic carbocycles. The number of hydrogen-bond acceptors (Lipinski definition) is 9. The number of carboxylic acids is 1. The lowest BCUT2D eigenvalue weighted by molar-refractivity contribution is -0.393. The number of nitrogens with zero attached hydrogens (tertiary/aromatic N) is 4. The van der Waals surface area contributed by atoms with E-state index >= 15 is 0 Å². The number of fused-ring (bicyclic) bond motifs is 3. The third-order valence-electron chi connectivity index (χ3n) is 4.15. The van der Waals surface area contributed by atoms with Crippen LogP contribution < -0.4 is 0 Å². The number of non-ortho nitro benzene ring substituents is 2. The largest absolute Gasteiger partial charge is 0.478 e. The van der Waals surface area contributed by atoms with Crippen LogP contribution in [-0.4, -0.2) is 37.7 Å². The number of carbonyl (C=O) groups is 1. The van der Waals surface area contributed by atoms with Crippen LogP contribution in [0.1, 0.15) is 18.1 Å². The maximum absolute atomic E-state index is 11.5. The molecule has 0 unspecified atom stereocenters. The predicted octanol–water partition coefficient (Wildman–Crippen LogP) is 2.63. The van der Waals surface area contributed by atoms with Crippen LogP contribution in [0.3, 0.4) is 0 Å². The molecule has 2 aromatic rings. The molecule has 0 fully saturated rings. The van der Waals surface area contributed by atoms with Crippen molar-refractivity contribution in [2.75, 3.05) is 0 Å². The molecule has 3 rings (SSSR count). The van der Waals surface area contributed by atoms with Gasteiger partial charge in [-0.15, -0.1) is 0 Å². The van der Waals surface area contributed by atoms with Crippen molar-refractivity contribution < 1.29 is 29.5 Å². The summed E-state index contributed by atoms with van der Waals surface area (Å²) >= 11 is 0. The molecule has 1 aliphatic rings. The Hall–Kier alpha value is -4.42. The lowest BCUT2D eigenvalue weighted by Crippen LogP contribution is -2.18. The van der Waals surface area contributed by atoms with Crippen LogP contribution in [0.2, 0.25) is 0 Å². The first-order chi connectivity index (χ1) is 13.6. The first-order valence-corrected chi connectivity index (χ1v) is 7.84. The monoisotopic (exact) mass is 402 g/mol. The van der Waals surface area contributed by atoms with E-state index < -0.39 is 38.2 Å². The fourth-order valence-corrected chi connectivity index (χ4v) is 2.81. The van der Waals surface area contributed by atoms with Crippen molar-refractivity contribution in [2.45, 2.75) is 13.0 Å². The van der Waals surface area contributed by atoms with Gasteiger partial charge in [0.2, 0.25) is 6.10 Å². The molecule has 0 spiro atoms. The quantitative estimate of drug-likeness (QED) is 0.477. The number of rotatable bonds is 6. The second kappa shape index (κ2) is 6.95. The van der Waals surface area contributed by atoms with E-state index in [2.05, 4.69) is 5.16 Å². The van der Waals surface area contributed by atoms with Crippen molar-refractivity contribution in [3.63, 3.8) is 0 Å².